The lowest BCUT2D eigenvalue weighted by Gasteiger charge is -2.31. The number of nitrogens with zero attached hydrogens (tertiary/aromatic N) is 2. The van der Waals surface area contributed by atoms with Crippen LogP contribution in [0, 0.1) is 5.82 Å². The van der Waals surface area contributed by atoms with Gasteiger partial charge in [0.1, 0.15) is 5.82 Å². The van der Waals surface area contributed by atoms with E-state index in [-0.39, 0.29) is 29.7 Å². The molecule has 30 heavy (non-hydrogen) atoms. The minimum atomic E-state index is -0.479. The van der Waals surface area contributed by atoms with Crippen LogP contribution in [0.2, 0.25) is 0 Å². The smallest absolute Gasteiger partial charge is 0.274 e. The Morgan fingerprint density at radius 3 is 2.37 bits per heavy atom. The Kier molecular flexibility index (Phi) is 5.41. The molecule has 3 aromatic rings. The average molecular weight is 407 g/mol. The number of hydrogen-bond acceptors (Lipinski definition) is 3. The third-order valence-electron chi connectivity index (χ3n) is 5.95. The van der Waals surface area contributed by atoms with E-state index in [0.717, 1.165) is 31.2 Å². The molecule has 5 nitrogen and oxygen atoms in total. The van der Waals surface area contributed by atoms with Crippen LogP contribution in [0.3, 0.4) is 0 Å². The Labute approximate surface area is 174 Å². The molecule has 1 aliphatic carbocycles. The molecule has 0 saturated heterocycles. The van der Waals surface area contributed by atoms with Crippen LogP contribution < -0.4 is 10.9 Å². The normalized spacial score (nSPS) is 15.6. The molecular formula is C24H26FN3O2. The lowest BCUT2D eigenvalue weighted by Crippen LogP contribution is -2.44. The average Bonchev–Trinajstić information content (AvgIpc) is 3.19. The van der Waals surface area contributed by atoms with E-state index in [1.807, 2.05) is 32.0 Å². The van der Waals surface area contributed by atoms with Crippen LogP contribution >= 0.6 is 0 Å². The van der Waals surface area contributed by atoms with Crippen molar-refractivity contribution < 1.29 is 9.18 Å². The summed E-state index contributed by atoms with van der Waals surface area (Å²) in [5, 5.41) is 9.00. The summed E-state index contributed by atoms with van der Waals surface area (Å²) >= 11 is 0. The quantitative estimate of drug-likeness (QED) is 0.688. The second kappa shape index (κ2) is 8.01. The van der Waals surface area contributed by atoms with Crippen LogP contribution in [-0.2, 0) is 16.8 Å². The van der Waals surface area contributed by atoms with Gasteiger partial charge in [0, 0.05) is 5.39 Å². The number of fused-ring (bicyclic) bond motifs is 1. The van der Waals surface area contributed by atoms with Crippen molar-refractivity contribution in [3.05, 3.63) is 76.0 Å². The molecule has 4 rings (SSSR count). The second-order valence-corrected chi connectivity index (χ2v) is 8.36. The molecule has 1 amide bonds. The molecule has 6 heteroatoms. The summed E-state index contributed by atoms with van der Waals surface area (Å²) in [4.78, 5) is 25.8. The summed E-state index contributed by atoms with van der Waals surface area (Å²) in [5.74, 6) is -0.433. The standard InChI is InChI=1S/C24H26FN3O2/c1-16(2)28-23(30)20-8-4-3-7-19(20)21(27-28)15-22(29)26-24(13-5-6-14-24)17-9-11-18(25)12-10-17/h3-4,7-12,16H,5-6,13-15H2,1-2H3,(H,26,29). The van der Waals surface area contributed by atoms with Crippen LogP contribution in [0.1, 0.15) is 56.8 Å². The first kappa shape index (κ1) is 20.3. The van der Waals surface area contributed by atoms with Gasteiger partial charge < -0.3 is 5.32 Å². The molecule has 156 valence electrons. The molecule has 1 aromatic heterocycles. The first-order chi connectivity index (χ1) is 14.4. The third-order valence-corrected chi connectivity index (χ3v) is 5.95. The van der Waals surface area contributed by atoms with Crippen LogP contribution in [0.25, 0.3) is 10.8 Å². The largest absolute Gasteiger partial charge is 0.346 e. The van der Waals surface area contributed by atoms with Gasteiger partial charge in [-0.1, -0.05) is 43.2 Å². The fourth-order valence-corrected chi connectivity index (χ4v) is 4.45. The Balaban J connectivity index is 1.67. The number of carbonyl (C=O) groups is 1. The maximum Gasteiger partial charge on any atom is 0.274 e. The van der Waals surface area contributed by atoms with Gasteiger partial charge in [-0.05, 0) is 50.5 Å². The molecule has 1 heterocycles. The van der Waals surface area contributed by atoms with Crippen LogP contribution in [0.5, 0.6) is 0 Å². The van der Waals surface area contributed by atoms with Crippen molar-refractivity contribution in [2.24, 2.45) is 0 Å². The number of halogens is 1. The summed E-state index contributed by atoms with van der Waals surface area (Å²) in [6.07, 6.45) is 3.75. The highest BCUT2D eigenvalue weighted by Gasteiger charge is 2.37. The van der Waals surface area contributed by atoms with E-state index >= 15 is 0 Å². The molecule has 0 spiro atoms. The highest BCUT2D eigenvalue weighted by Crippen LogP contribution is 2.38. The zero-order valence-corrected chi connectivity index (χ0v) is 17.3. The molecular weight excluding hydrogens is 381 g/mol. The number of benzene rings is 2. The predicted molar refractivity (Wildman–Crippen MR) is 115 cm³/mol. The van der Waals surface area contributed by atoms with E-state index < -0.39 is 5.54 Å². The predicted octanol–water partition coefficient (Wildman–Crippen LogP) is 4.24. The maximum absolute atomic E-state index is 13.4. The maximum atomic E-state index is 13.4. The fourth-order valence-electron chi connectivity index (χ4n) is 4.45. The van der Waals surface area contributed by atoms with Gasteiger partial charge in [0.15, 0.2) is 0 Å². The molecule has 0 radical (unpaired) electrons. The van der Waals surface area contributed by atoms with Gasteiger partial charge in [0.25, 0.3) is 5.56 Å². The van der Waals surface area contributed by atoms with Crippen molar-refractivity contribution >= 4 is 16.7 Å². The SMILES string of the molecule is CC(C)n1nc(CC(=O)NC2(c3ccc(F)cc3)CCCC2)c2ccccc2c1=O. The van der Waals surface area contributed by atoms with Crippen molar-refractivity contribution in [2.75, 3.05) is 0 Å². The zero-order chi connectivity index (χ0) is 21.3. The summed E-state index contributed by atoms with van der Waals surface area (Å²) in [7, 11) is 0. The molecule has 0 atom stereocenters. The Bertz CT molecular complexity index is 1130. The van der Waals surface area contributed by atoms with E-state index in [1.54, 1.807) is 18.2 Å². The molecule has 1 saturated carbocycles. The molecule has 1 N–H and O–H groups in total. The number of carbonyl (C=O) groups excluding carboxylic acids is 1. The van der Waals surface area contributed by atoms with Crippen LogP contribution in [-0.4, -0.2) is 15.7 Å². The van der Waals surface area contributed by atoms with Crippen molar-refractivity contribution in [3.63, 3.8) is 0 Å². The first-order valence-corrected chi connectivity index (χ1v) is 10.5. The second-order valence-electron chi connectivity index (χ2n) is 8.36. The summed E-state index contributed by atoms with van der Waals surface area (Å²) < 4.78 is 14.8. The minimum absolute atomic E-state index is 0.0798. The first-order valence-electron chi connectivity index (χ1n) is 10.5. The van der Waals surface area contributed by atoms with E-state index in [2.05, 4.69) is 10.4 Å². The highest BCUT2D eigenvalue weighted by molar-refractivity contribution is 5.88. The number of amides is 1. The molecule has 0 aliphatic heterocycles. The lowest BCUT2D eigenvalue weighted by atomic mass is 9.88. The van der Waals surface area contributed by atoms with Crippen LogP contribution in [0.15, 0.2) is 53.3 Å². The fraction of sp³-hybridized carbons (Fsp3) is 0.375. The van der Waals surface area contributed by atoms with Crippen LogP contribution in [0.4, 0.5) is 4.39 Å². The zero-order valence-electron chi connectivity index (χ0n) is 17.3. The summed E-state index contributed by atoms with van der Waals surface area (Å²) in [5.41, 5.74) is 0.888. The third kappa shape index (κ3) is 3.74. The monoisotopic (exact) mass is 407 g/mol. The lowest BCUT2D eigenvalue weighted by molar-refractivity contribution is -0.122. The summed E-state index contributed by atoms with van der Waals surface area (Å²) in [6.45, 7) is 3.80. The summed E-state index contributed by atoms with van der Waals surface area (Å²) in [6, 6.07) is 13.6. The van der Waals surface area contributed by atoms with Gasteiger partial charge in [-0.3, -0.25) is 9.59 Å². The molecule has 1 fully saturated rings. The molecule has 2 aromatic carbocycles. The Hall–Kier alpha value is -3.02. The highest BCUT2D eigenvalue weighted by atomic mass is 19.1. The Morgan fingerprint density at radius 1 is 1.10 bits per heavy atom. The minimum Gasteiger partial charge on any atom is -0.346 e. The van der Waals surface area contributed by atoms with Crippen molar-refractivity contribution in [3.8, 4) is 0 Å². The van der Waals surface area contributed by atoms with Crippen molar-refractivity contribution in [1.82, 2.24) is 15.1 Å². The molecule has 0 unspecified atom stereocenters. The van der Waals surface area contributed by atoms with Gasteiger partial charge in [-0.15, -0.1) is 0 Å². The van der Waals surface area contributed by atoms with Gasteiger partial charge in [-0.2, -0.15) is 5.10 Å². The van der Waals surface area contributed by atoms with Gasteiger partial charge in [0.2, 0.25) is 5.91 Å². The van der Waals surface area contributed by atoms with Crippen molar-refractivity contribution in [1.29, 1.82) is 0 Å². The topological polar surface area (TPSA) is 64.0 Å². The van der Waals surface area contributed by atoms with Gasteiger partial charge >= 0.3 is 0 Å². The van der Waals surface area contributed by atoms with Gasteiger partial charge in [-0.25, -0.2) is 9.07 Å². The molecule has 1 aliphatic rings. The number of nitrogens with one attached hydrogen (secondary N) is 1. The van der Waals surface area contributed by atoms with Crippen molar-refractivity contribution in [2.45, 2.75) is 57.5 Å². The van der Waals surface area contributed by atoms with E-state index in [0.29, 0.717) is 16.5 Å². The number of hydrogen-bond donors (Lipinski definition) is 1. The molecule has 0 bridgehead atoms. The Morgan fingerprint density at radius 2 is 1.73 bits per heavy atom. The van der Waals surface area contributed by atoms with E-state index in [9.17, 15) is 14.0 Å². The number of aromatic nitrogens is 2. The van der Waals surface area contributed by atoms with Gasteiger partial charge in [0.05, 0.1) is 29.1 Å². The van der Waals surface area contributed by atoms with E-state index in [4.69, 9.17) is 0 Å². The number of rotatable bonds is 5. The van der Waals surface area contributed by atoms with E-state index in [1.165, 1.54) is 16.8 Å².